The molecule has 0 bridgehead atoms. The van der Waals surface area contributed by atoms with E-state index in [1.54, 1.807) is 0 Å². The van der Waals surface area contributed by atoms with Gasteiger partial charge < -0.3 is 0 Å². The molecule has 0 N–H and O–H groups in total. The Kier molecular flexibility index (Phi) is 51.4. The Hall–Kier alpha value is -2.43. The fourth-order valence-electron chi connectivity index (χ4n) is 11.1. The second-order valence-electron chi connectivity index (χ2n) is 23.3. The van der Waals surface area contributed by atoms with E-state index in [-0.39, 0.29) is 16.5 Å². The predicted octanol–water partition coefficient (Wildman–Crippen LogP) is 24.9. The van der Waals surface area contributed by atoms with E-state index in [1.807, 2.05) is 0 Å². The van der Waals surface area contributed by atoms with Crippen molar-refractivity contribution in [1.29, 1.82) is 0 Å². The van der Waals surface area contributed by atoms with Gasteiger partial charge in [-0.05, 0) is 103 Å². The molecule has 0 spiro atoms. The maximum absolute atomic E-state index is 5.48. The van der Waals surface area contributed by atoms with Crippen molar-refractivity contribution in [3.05, 3.63) is 70.8 Å². The fourth-order valence-corrected chi connectivity index (χ4v) is 11.1. The molecule has 2 rings (SSSR count). The van der Waals surface area contributed by atoms with Crippen molar-refractivity contribution in [3.63, 3.8) is 0 Å². The molecule has 0 radical (unpaired) electrons. The van der Waals surface area contributed by atoms with Crippen LogP contribution in [0.4, 0.5) is 11.4 Å². The van der Waals surface area contributed by atoms with Gasteiger partial charge in [0.25, 0.3) is 0 Å². The molecule has 0 saturated heterocycles. The zero-order valence-corrected chi connectivity index (χ0v) is 52.5. The number of hydrogen-bond donors (Lipinski definition) is 0. The molecule has 0 aliphatic carbocycles. The third kappa shape index (κ3) is 41.6. The smallest absolute Gasteiger partial charge is 0.139 e. The molecule has 0 aliphatic heterocycles. The van der Waals surface area contributed by atoms with Gasteiger partial charge in [-0.1, -0.05) is 329 Å². The average molecular weight is 1090 g/mol. The van der Waals surface area contributed by atoms with Crippen molar-refractivity contribution in [2.45, 2.75) is 356 Å². The number of aliphatic imine (C=N–C) groups is 2. The zero-order chi connectivity index (χ0) is 53.8. The van der Waals surface area contributed by atoms with Crippen LogP contribution in [0.3, 0.4) is 0 Å². The summed E-state index contributed by atoms with van der Waals surface area (Å²) in [6.45, 7) is 13.7. The molecule has 0 aliphatic rings. The van der Waals surface area contributed by atoms with E-state index in [0.717, 1.165) is 93.4 Å². The second kappa shape index (κ2) is 54.5. The van der Waals surface area contributed by atoms with Gasteiger partial charge in [-0.25, -0.2) is 9.98 Å². The minimum Gasteiger partial charge on any atom is -0.246 e. The molecule has 2 aromatic carbocycles. The van der Waals surface area contributed by atoms with Crippen molar-refractivity contribution >= 4 is 22.8 Å². The number of rotatable bonds is 52. The molecular weight excluding hydrogens is 964 g/mol. The van der Waals surface area contributed by atoms with Crippen LogP contribution >= 0.6 is 0 Å². The van der Waals surface area contributed by atoms with Crippen LogP contribution in [-0.4, -0.2) is 11.4 Å². The van der Waals surface area contributed by atoms with E-state index in [9.17, 15) is 0 Å². The van der Waals surface area contributed by atoms with Crippen molar-refractivity contribution in [3.8, 4) is 11.8 Å². The normalized spacial score (nSPS) is 11.9. The molecular formula is C73H124N2Ni. The minimum atomic E-state index is 0. The number of allylic oxidation sites excluding steroid dienone is 2. The summed E-state index contributed by atoms with van der Waals surface area (Å²) in [6, 6.07) is 14.1. The van der Waals surface area contributed by atoms with E-state index in [4.69, 9.17) is 9.98 Å². The molecule has 76 heavy (non-hydrogen) atoms. The van der Waals surface area contributed by atoms with E-state index >= 15 is 0 Å². The Morgan fingerprint density at radius 3 is 0.908 bits per heavy atom. The number of hydrogen-bond acceptors (Lipinski definition) is 2. The zero-order valence-electron chi connectivity index (χ0n) is 51.5. The SMILES string of the molecule is CCCCCCCCCCCCCCCCCCCC/C=C/C(=N\c1cc(CCC)cc(CCC)c1)C(/C#CCCCCCCCCCCCCCCCCCCCCCCC)=N/c1cc(CCC)cc(CCC)c1.[Ni]. The molecule has 3 heteroatoms. The van der Waals surface area contributed by atoms with Crippen LogP contribution in [0.15, 0.2) is 58.5 Å². The maximum atomic E-state index is 5.48. The van der Waals surface area contributed by atoms with E-state index in [2.05, 4.69) is 102 Å². The molecule has 2 nitrogen and oxygen atoms in total. The summed E-state index contributed by atoms with van der Waals surface area (Å²) in [5.74, 6) is 7.31. The molecule has 0 aromatic heterocycles. The number of aryl methyl sites for hydroxylation is 4. The molecule has 0 fully saturated rings. The molecule has 0 amide bonds. The van der Waals surface area contributed by atoms with Crippen molar-refractivity contribution in [1.82, 2.24) is 0 Å². The number of unbranched alkanes of at least 4 members (excludes halogenated alkanes) is 39. The summed E-state index contributed by atoms with van der Waals surface area (Å²) in [7, 11) is 0. The Morgan fingerprint density at radius 2 is 0.605 bits per heavy atom. The topological polar surface area (TPSA) is 24.7 Å². The first kappa shape index (κ1) is 71.6. The predicted molar refractivity (Wildman–Crippen MR) is 341 cm³/mol. The largest absolute Gasteiger partial charge is 0.246 e. The summed E-state index contributed by atoms with van der Waals surface area (Å²) < 4.78 is 0. The van der Waals surface area contributed by atoms with Gasteiger partial charge in [-0.2, -0.15) is 0 Å². The van der Waals surface area contributed by atoms with Gasteiger partial charge in [0.15, 0.2) is 0 Å². The minimum absolute atomic E-state index is 0. The van der Waals surface area contributed by atoms with Crippen LogP contribution in [0.25, 0.3) is 0 Å². The molecule has 436 valence electrons. The second-order valence-corrected chi connectivity index (χ2v) is 23.3. The van der Waals surface area contributed by atoms with Crippen LogP contribution in [-0.2, 0) is 42.2 Å². The quantitative estimate of drug-likeness (QED) is 0.0273. The third-order valence-electron chi connectivity index (χ3n) is 15.6. The fraction of sp³-hybridized carbons (Fsp3) is 0.753. The Bertz CT molecular complexity index is 1710. The van der Waals surface area contributed by atoms with E-state index < -0.39 is 0 Å². The Labute approximate surface area is 485 Å². The molecule has 0 heterocycles. The van der Waals surface area contributed by atoms with Gasteiger partial charge in [0.1, 0.15) is 5.71 Å². The van der Waals surface area contributed by atoms with E-state index in [0.29, 0.717) is 0 Å². The van der Waals surface area contributed by atoms with Gasteiger partial charge in [0, 0.05) is 22.9 Å². The van der Waals surface area contributed by atoms with Crippen LogP contribution in [0, 0.1) is 11.8 Å². The Morgan fingerprint density at radius 1 is 0.329 bits per heavy atom. The van der Waals surface area contributed by atoms with Gasteiger partial charge in [0.05, 0.1) is 17.1 Å². The number of benzene rings is 2. The Balaban J connectivity index is 0.0000289. The van der Waals surface area contributed by atoms with Crippen molar-refractivity contribution < 1.29 is 16.5 Å². The van der Waals surface area contributed by atoms with Crippen LogP contribution in [0.1, 0.15) is 353 Å². The average Bonchev–Trinajstić information content (AvgIpc) is 3.40. The van der Waals surface area contributed by atoms with E-state index in [1.165, 1.54) is 266 Å². The van der Waals surface area contributed by atoms with Crippen LogP contribution < -0.4 is 0 Å². The van der Waals surface area contributed by atoms with Gasteiger partial charge >= 0.3 is 0 Å². The summed E-state index contributed by atoms with van der Waals surface area (Å²) >= 11 is 0. The first-order chi connectivity index (χ1) is 37.1. The molecule has 0 atom stereocenters. The first-order valence-electron chi connectivity index (χ1n) is 33.6. The monoisotopic (exact) mass is 1090 g/mol. The maximum Gasteiger partial charge on any atom is 0.139 e. The molecule has 0 saturated carbocycles. The standard InChI is InChI=1S/C73H124N2.Ni/c1-7-13-15-17-19-21-23-25-27-29-31-33-34-35-37-39-41-43-45-47-49-51-53-59-73(75-71-64-68(56-11-5)61-69(65-71)57-12-6)72(74-70-62-66(54-9-3)60-67(63-70)55-10-4)58-52-50-48-46-44-42-40-38-36-32-30-28-26-24-22-20-18-16-14-8-2;/h52,58,60-65H,7-51,54-57H2,1-6H3;/b58-52+,74-72+,75-73+;. The van der Waals surface area contributed by atoms with Crippen LogP contribution in [0.5, 0.6) is 0 Å². The summed E-state index contributed by atoms with van der Waals surface area (Å²) in [5.41, 5.74) is 9.35. The van der Waals surface area contributed by atoms with Gasteiger partial charge in [0.2, 0.25) is 0 Å². The van der Waals surface area contributed by atoms with Gasteiger partial charge in [-0.15, -0.1) is 0 Å². The van der Waals surface area contributed by atoms with Gasteiger partial charge in [-0.3, -0.25) is 0 Å². The first-order valence-corrected chi connectivity index (χ1v) is 33.6. The molecule has 2 aromatic rings. The summed E-state index contributed by atoms with van der Waals surface area (Å²) in [4.78, 5) is 10.9. The molecule has 0 unspecified atom stereocenters. The third-order valence-corrected chi connectivity index (χ3v) is 15.6. The van der Waals surface area contributed by atoms with Crippen molar-refractivity contribution in [2.75, 3.05) is 0 Å². The number of nitrogens with zero attached hydrogens (tertiary/aromatic N) is 2. The van der Waals surface area contributed by atoms with Crippen LogP contribution in [0.2, 0.25) is 0 Å². The van der Waals surface area contributed by atoms with Crippen molar-refractivity contribution in [2.24, 2.45) is 9.98 Å². The summed E-state index contributed by atoms with van der Waals surface area (Å²) in [5, 5.41) is 0. The summed E-state index contributed by atoms with van der Waals surface area (Å²) in [6.07, 6.45) is 70.4.